The van der Waals surface area contributed by atoms with E-state index >= 15 is 0 Å². The number of carbonyl (C=O) groups is 1. The lowest BCUT2D eigenvalue weighted by molar-refractivity contribution is 0.0969. The molecule has 0 fully saturated rings. The van der Waals surface area contributed by atoms with Gasteiger partial charge in [-0.3, -0.25) is 4.79 Å². The lowest BCUT2D eigenvalue weighted by Gasteiger charge is -2.25. The number of benzene rings is 2. The van der Waals surface area contributed by atoms with Crippen molar-refractivity contribution in [1.82, 2.24) is 0 Å². The number of ketones is 1. The Hall–Kier alpha value is -1.51. The predicted octanol–water partition coefficient (Wildman–Crippen LogP) is 5.11. The van der Waals surface area contributed by atoms with Crippen molar-refractivity contribution in [3.63, 3.8) is 0 Å². The first-order chi connectivity index (χ1) is 10.1. The molecule has 2 aromatic carbocycles. The van der Waals surface area contributed by atoms with Crippen molar-refractivity contribution in [1.29, 1.82) is 0 Å². The Morgan fingerprint density at radius 1 is 1.10 bits per heavy atom. The Morgan fingerprint density at radius 2 is 1.90 bits per heavy atom. The average molecular weight is 321 g/mol. The smallest absolute Gasteiger partial charge is 0.163 e. The molecule has 1 aliphatic carbocycles. The second-order valence-electron chi connectivity index (χ2n) is 5.14. The molecule has 108 valence electrons. The number of fused-ring (bicyclic) bond motifs is 1. The van der Waals surface area contributed by atoms with E-state index in [9.17, 15) is 4.79 Å². The largest absolute Gasteiger partial charge is 0.497 e. The van der Waals surface area contributed by atoms with Gasteiger partial charge in [0.15, 0.2) is 5.78 Å². The van der Waals surface area contributed by atoms with E-state index in [2.05, 4.69) is 0 Å². The fourth-order valence-electron chi connectivity index (χ4n) is 2.85. The molecule has 0 saturated carbocycles. The summed E-state index contributed by atoms with van der Waals surface area (Å²) in [6, 6.07) is 11.3. The van der Waals surface area contributed by atoms with Crippen molar-refractivity contribution >= 4 is 29.0 Å². The number of ether oxygens (including phenoxy) is 1. The van der Waals surface area contributed by atoms with Gasteiger partial charge in [0.25, 0.3) is 0 Å². The van der Waals surface area contributed by atoms with Crippen LogP contribution >= 0.6 is 23.2 Å². The Morgan fingerprint density at radius 3 is 2.62 bits per heavy atom. The van der Waals surface area contributed by atoms with Crippen molar-refractivity contribution in [2.45, 2.75) is 18.8 Å². The van der Waals surface area contributed by atoms with Crippen molar-refractivity contribution in [2.75, 3.05) is 7.11 Å². The van der Waals surface area contributed by atoms with Crippen LogP contribution in [0.5, 0.6) is 5.75 Å². The van der Waals surface area contributed by atoms with E-state index < -0.39 is 0 Å². The number of hydrogen-bond donors (Lipinski definition) is 0. The maximum absolute atomic E-state index is 12.1. The minimum Gasteiger partial charge on any atom is -0.497 e. The molecule has 0 radical (unpaired) electrons. The molecular weight excluding hydrogens is 307 g/mol. The zero-order valence-electron chi connectivity index (χ0n) is 11.5. The summed E-state index contributed by atoms with van der Waals surface area (Å²) in [6.07, 6.45) is 1.32. The Kier molecular flexibility index (Phi) is 3.92. The van der Waals surface area contributed by atoms with Gasteiger partial charge >= 0.3 is 0 Å². The summed E-state index contributed by atoms with van der Waals surface area (Å²) in [4.78, 5) is 12.1. The predicted molar refractivity (Wildman–Crippen MR) is 84.9 cm³/mol. The quantitative estimate of drug-likeness (QED) is 0.768. The third-order valence-corrected chi connectivity index (χ3v) is 4.68. The first-order valence-electron chi connectivity index (χ1n) is 6.76. The van der Waals surface area contributed by atoms with E-state index in [0.717, 1.165) is 23.1 Å². The molecule has 2 aromatic rings. The third-order valence-electron chi connectivity index (χ3n) is 3.94. The highest BCUT2D eigenvalue weighted by molar-refractivity contribution is 6.42. The molecule has 3 rings (SSSR count). The molecular formula is C17H14Cl2O2. The molecule has 2 nitrogen and oxygen atoms in total. The highest BCUT2D eigenvalue weighted by Crippen LogP contribution is 2.39. The normalized spacial score (nSPS) is 17.5. The highest BCUT2D eigenvalue weighted by Gasteiger charge is 2.27. The molecule has 0 saturated heterocycles. The standard InChI is InChI=1S/C17H14Cl2O2/c1-21-11-3-4-13-12(5-7-17(20)14(13)9-11)10-2-6-15(18)16(19)8-10/h2-4,6,8-9,12H,5,7H2,1H3/t12-/m1/s1. The van der Waals surface area contributed by atoms with E-state index in [4.69, 9.17) is 27.9 Å². The monoisotopic (exact) mass is 320 g/mol. The number of methoxy groups -OCH3 is 1. The van der Waals surface area contributed by atoms with Gasteiger partial charge < -0.3 is 4.74 Å². The van der Waals surface area contributed by atoms with Crippen LogP contribution in [0.3, 0.4) is 0 Å². The van der Waals surface area contributed by atoms with Gasteiger partial charge in [0, 0.05) is 17.9 Å². The van der Waals surface area contributed by atoms with Crippen LogP contribution in [0.15, 0.2) is 36.4 Å². The van der Waals surface area contributed by atoms with Crippen molar-refractivity contribution < 1.29 is 9.53 Å². The van der Waals surface area contributed by atoms with Crippen LogP contribution in [0.2, 0.25) is 10.0 Å². The molecule has 4 heteroatoms. The summed E-state index contributed by atoms with van der Waals surface area (Å²) < 4.78 is 5.21. The summed E-state index contributed by atoms with van der Waals surface area (Å²) in [6.45, 7) is 0. The zero-order chi connectivity index (χ0) is 15.0. The van der Waals surface area contributed by atoms with Crippen molar-refractivity contribution in [3.8, 4) is 5.75 Å². The summed E-state index contributed by atoms with van der Waals surface area (Å²) in [5.74, 6) is 1.04. The van der Waals surface area contributed by atoms with E-state index in [-0.39, 0.29) is 11.7 Å². The van der Waals surface area contributed by atoms with Gasteiger partial charge in [0.05, 0.1) is 17.2 Å². The average Bonchev–Trinajstić information content (AvgIpc) is 2.50. The van der Waals surface area contributed by atoms with Crippen LogP contribution in [-0.2, 0) is 0 Å². The number of Topliss-reactive ketones (excluding diaryl/α,β-unsaturated/α-hetero) is 1. The van der Waals surface area contributed by atoms with Crippen molar-refractivity contribution in [2.24, 2.45) is 0 Å². The minimum atomic E-state index is 0.165. The van der Waals surface area contributed by atoms with Gasteiger partial charge in [-0.25, -0.2) is 0 Å². The fraction of sp³-hybridized carbons (Fsp3) is 0.235. The molecule has 21 heavy (non-hydrogen) atoms. The van der Waals surface area contributed by atoms with Crippen LogP contribution in [0.25, 0.3) is 0 Å². The van der Waals surface area contributed by atoms with Crippen molar-refractivity contribution in [3.05, 3.63) is 63.1 Å². The second kappa shape index (κ2) is 5.70. The Labute approximate surface area is 133 Å². The molecule has 1 aliphatic rings. The molecule has 0 heterocycles. The number of rotatable bonds is 2. The maximum atomic E-state index is 12.1. The SMILES string of the molecule is COc1ccc2c(c1)C(=O)CC[C@@H]2c1ccc(Cl)c(Cl)c1. The minimum absolute atomic E-state index is 0.165. The summed E-state index contributed by atoms with van der Waals surface area (Å²) in [5.41, 5.74) is 2.87. The Bertz CT molecular complexity index is 710. The number of hydrogen-bond acceptors (Lipinski definition) is 2. The van der Waals surface area contributed by atoms with E-state index in [1.165, 1.54) is 0 Å². The van der Waals surface area contributed by atoms with Gasteiger partial charge in [-0.1, -0.05) is 35.3 Å². The number of carbonyl (C=O) groups excluding carboxylic acids is 1. The van der Waals surface area contributed by atoms with Gasteiger partial charge in [-0.2, -0.15) is 0 Å². The molecule has 0 N–H and O–H groups in total. The van der Waals surface area contributed by atoms with Crippen LogP contribution in [0, 0.1) is 0 Å². The molecule has 0 amide bonds. The lowest BCUT2D eigenvalue weighted by atomic mass is 9.78. The van der Waals surface area contributed by atoms with Crippen LogP contribution in [-0.4, -0.2) is 12.9 Å². The second-order valence-corrected chi connectivity index (χ2v) is 5.96. The molecule has 0 spiro atoms. The highest BCUT2D eigenvalue weighted by atomic mass is 35.5. The summed E-state index contributed by atoms with van der Waals surface area (Å²) in [7, 11) is 1.60. The maximum Gasteiger partial charge on any atom is 0.163 e. The van der Waals surface area contributed by atoms with Crippen LogP contribution in [0.4, 0.5) is 0 Å². The molecule has 0 bridgehead atoms. The van der Waals surface area contributed by atoms with Crippen LogP contribution in [0.1, 0.15) is 40.2 Å². The van der Waals surface area contributed by atoms with Gasteiger partial charge in [0.1, 0.15) is 5.75 Å². The number of halogens is 2. The van der Waals surface area contributed by atoms with E-state index in [0.29, 0.717) is 22.2 Å². The lowest BCUT2D eigenvalue weighted by Crippen LogP contribution is -2.16. The van der Waals surface area contributed by atoms with Gasteiger partial charge in [-0.15, -0.1) is 0 Å². The summed E-state index contributed by atoms with van der Waals surface area (Å²) in [5, 5.41) is 1.09. The van der Waals surface area contributed by atoms with Gasteiger partial charge in [0.2, 0.25) is 0 Å². The molecule has 1 atom stereocenters. The first-order valence-corrected chi connectivity index (χ1v) is 7.52. The summed E-state index contributed by atoms with van der Waals surface area (Å²) >= 11 is 12.1. The van der Waals surface area contributed by atoms with E-state index in [1.54, 1.807) is 13.2 Å². The Balaban J connectivity index is 2.08. The topological polar surface area (TPSA) is 26.3 Å². The third kappa shape index (κ3) is 2.66. The molecule has 0 aliphatic heterocycles. The first kappa shape index (κ1) is 14.4. The molecule has 0 unspecified atom stereocenters. The zero-order valence-corrected chi connectivity index (χ0v) is 13.0. The molecule has 0 aromatic heterocycles. The van der Waals surface area contributed by atoms with Crippen LogP contribution < -0.4 is 4.74 Å². The van der Waals surface area contributed by atoms with E-state index in [1.807, 2.05) is 30.3 Å². The van der Waals surface area contributed by atoms with Gasteiger partial charge in [-0.05, 0) is 41.8 Å². The fourth-order valence-corrected chi connectivity index (χ4v) is 3.16.